The first-order chi connectivity index (χ1) is 8.63. The van der Waals surface area contributed by atoms with Crippen LogP contribution in [0.1, 0.15) is 6.92 Å². The van der Waals surface area contributed by atoms with Crippen LogP contribution in [-0.4, -0.2) is 18.4 Å². The second-order valence-electron chi connectivity index (χ2n) is 3.75. The molecule has 0 aromatic heterocycles. The van der Waals surface area contributed by atoms with E-state index in [0.717, 1.165) is 4.90 Å². The second-order valence-corrected chi connectivity index (χ2v) is 3.75. The molecule has 18 heavy (non-hydrogen) atoms. The summed E-state index contributed by atoms with van der Waals surface area (Å²) in [6.45, 7) is 1.56. The largest absolute Gasteiger partial charge is 0.479 e. The van der Waals surface area contributed by atoms with Gasteiger partial charge in [0.2, 0.25) is 0 Å². The van der Waals surface area contributed by atoms with Gasteiger partial charge in [0.15, 0.2) is 6.61 Å². The fourth-order valence-corrected chi connectivity index (χ4v) is 1.64. The molecular formula is C13H10N2O3. The molecule has 2 amide bonds. The van der Waals surface area contributed by atoms with Crippen LogP contribution >= 0.6 is 0 Å². The van der Waals surface area contributed by atoms with Crippen molar-refractivity contribution in [1.82, 2.24) is 0 Å². The van der Waals surface area contributed by atoms with Crippen LogP contribution in [0.25, 0.3) is 0 Å². The summed E-state index contributed by atoms with van der Waals surface area (Å²) in [6, 6.07) is 8.29. The molecule has 5 nitrogen and oxygen atoms in total. The monoisotopic (exact) mass is 242 g/mol. The molecule has 0 N–H and O–H groups in total. The van der Waals surface area contributed by atoms with Gasteiger partial charge in [-0.3, -0.25) is 9.59 Å². The van der Waals surface area contributed by atoms with E-state index in [1.54, 1.807) is 31.2 Å². The second kappa shape index (κ2) is 4.72. The zero-order valence-corrected chi connectivity index (χ0v) is 9.71. The van der Waals surface area contributed by atoms with Crippen LogP contribution in [0.5, 0.6) is 5.75 Å². The number of anilines is 1. The van der Waals surface area contributed by atoms with Gasteiger partial charge >= 0.3 is 0 Å². The first-order valence-electron chi connectivity index (χ1n) is 5.30. The number of carbonyl (C=O) groups is 2. The van der Waals surface area contributed by atoms with Gasteiger partial charge in [-0.2, -0.15) is 5.26 Å². The quantitative estimate of drug-likeness (QED) is 0.751. The maximum Gasteiger partial charge on any atom is 0.261 e. The topological polar surface area (TPSA) is 70.4 Å². The van der Waals surface area contributed by atoms with E-state index in [1.807, 2.05) is 6.07 Å². The molecule has 0 spiro atoms. The van der Waals surface area contributed by atoms with Crippen LogP contribution in [0.2, 0.25) is 0 Å². The molecule has 1 aliphatic rings. The lowest BCUT2D eigenvalue weighted by Gasteiger charge is -2.14. The minimum Gasteiger partial charge on any atom is -0.479 e. The van der Waals surface area contributed by atoms with E-state index in [9.17, 15) is 9.59 Å². The maximum atomic E-state index is 11.7. The summed E-state index contributed by atoms with van der Waals surface area (Å²) in [4.78, 5) is 24.4. The number of rotatable bonds is 3. The van der Waals surface area contributed by atoms with Gasteiger partial charge in [0.05, 0.1) is 5.69 Å². The Hall–Kier alpha value is -2.61. The minimum atomic E-state index is -0.344. The molecule has 0 bridgehead atoms. The Kier molecular flexibility index (Phi) is 3.11. The third-order valence-corrected chi connectivity index (χ3v) is 2.50. The number of hydrogen-bond donors (Lipinski definition) is 0. The number of carbonyl (C=O) groups excluding carboxylic acids is 2. The Morgan fingerprint density at radius 3 is 2.44 bits per heavy atom. The molecule has 0 unspecified atom stereocenters. The summed E-state index contributed by atoms with van der Waals surface area (Å²) in [6.07, 6.45) is 1.31. The summed E-state index contributed by atoms with van der Waals surface area (Å²) >= 11 is 0. The van der Waals surface area contributed by atoms with Gasteiger partial charge < -0.3 is 4.74 Å². The third kappa shape index (κ3) is 2.09. The normalized spacial score (nSPS) is 14.4. The highest BCUT2D eigenvalue weighted by atomic mass is 16.5. The van der Waals surface area contributed by atoms with E-state index >= 15 is 0 Å². The summed E-state index contributed by atoms with van der Waals surface area (Å²) in [5.41, 5.74) is 0.909. The lowest BCUT2D eigenvalue weighted by molar-refractivity contribution is -0.120. The van der Waals surface area contributed by atoms with E-state index in [-0.39, 0.29) is 18.4 Å². The van der Waals surface area contributed by atoms with Gasteiger partial charge in [-0.25, -0.2) is 4.90 Å². The molecular weight excluding hydrogens is 232 g/mol. The molecule has 1 aromatic carbocycles. The van der Waals surface area contributed by atoms with E-state index in [0.29, 0.717) is 17.0 Å². The highest BCUT2D eigenvalue weighted by molar-refractivity contribution is 6.30. The lowest BCUT2D eigenvalue weighted by atomic mass is 10.2. The van der Waals surface area contributed by atoms with Gasteiger partial charge in [-0.05, 0) is 31.2 Å². The Morgan fingerprint density at radius 1 is 1.28 bits per heavy atom. The molecule has 0 fully saturated rings. The fourth-order valence-electron chi connectivity index (χ4n) is 1.64. The van der Waals surface area contributed by atoms with Crippen molar-refractivity contribution in [3.63, 3.8) is 0 Å². The van der Waals surface area contributed by atoms with Crippen molar-refractivity contribution in [1.29, 1.82) is 5.26 Å². The molecule has 0 atom stereocenters. The summed E-state index contributed by atoms with van der Waals surface area (Å²) in [5.74, 6) is -0.141. The first kappa shape index (κ1) is 11.9. The predicted molar refractivity (Wildman–Crippen MR) is 63.8 cm³/mol. The number of hydrogen-bond acceptors (Lipinski definition) is 4. The molecule has 1 aromatic rings. The predicted octanol–water partition coefficient (Wildman–Crippen LogP) is 1.41. The van der Waals surface area contributed by atoms with Crippen LogP contribution in [0, 0.1) is 11.3 Å². The highest BCUT2D eigenvalue weighted by Gasteiger charge is 2.29. The highest BCUT2D eigenvalue weighted by Crippen LogP contribution is 2.24. The molecule has 0 radical (unpaired) electrons. The summed E-state index contributed by atoms with van der Waals surface area (Å²) < 4.78 is 5.09. The number of nitrogens with zero attached hydrogens (tertiary/aromatic N) is 2. The molecule has 2 rings (SSSR count). The van der Waals surface area contributed by atoms with Crippen molar-refractivity contribution in [2.24, 2.45) is 0 Å². The molecule has 0 saturated carbocycles. The SMILES string of the molecule is CC1=CC(=O)N(c2ccc(OCC#N)cc2)C1=O. The van der Waals surface area contributed by atoms with Crippen molar-refractivity contribution in [2.75, 3.05) is 11.5 Å². The average Bonchev–Trinajstić information content (AvgIpc) is 2.62. The Bertz CT molecular complexity index is 567. The van der Waals surface area contributed by atoms with Gasteiger partial charge in [0.1, 0.15) is 11.8 Å². The third-order valence-electron chi connectivity index (χ3n) is 2.50. The van der Waals surface area contributed by atoms with Crippen molar-refractivity contribution in [3.05, 3.63) is 35.9 Å². The summed E-state index contributed by atoms with van der Waals surface area (Å²) in [5, 5.41) is 8.37. The van der Waals surface area contributed by atoms with Crippen LogP contribution < -0.4 is 9.64 Å². The van der Waals surface area contributed by atoms with Crippen molar-refractivity contribution >= 4 is 17.5 Å². The lowest BCUT2D eigenvalue weighted by Crippen LogP contribution is -2.30. The number of nitriles is 1. The van der Waals surface area contributed by atoms with Crippen LogP contribution in [0.4, 0.5) is 5.69 Å². The number of benzene rings is 1. The van der Waals surface area contributed by atoms with Crippen LogP contribution in [-0.2, 0) is 9.59 Å². The Balaban J connectivity index is 2.19. The van der Waals surface area contributed by atoms with E-state index in [1.165, 1.54) is 6.08 Å². The molecule has 5 heteroatoms. The Labute approximate surface area is 104 Å². The standard InChI is InChI=1S/C13H10N2O3/c1-9-8-12(16)15(13(9)17)10-2-4-11(5-3-10)18-7-6-14/h2-5,8H,7H2,1H3. The van der Waals surface area contributed by atoms with E-state index < -0.39 is 0 Å². The number of ether oxygens (including phenoxy) is 1. The number of imide groups is 1. The smallest absolute Gasteiger partial charge is 0.261 e. The van der Waals surface area contributed by atoms with Gasteiger partial charge in [0.25, 0.3) is 11.8 Å². The van der Waals surface area contributed by atoms with E-state index in [4.69, 9.17) is 10.00 Å². The van der Waals surface area contributed by atoms with E-state index in [2.05, 4.69) is 0 Å². The van der Waals surface area contributed by atoms with Crippen LogP contribution in [0.3, 0.4) is 0 Å². The van der Waals surface area contributed by atoms with Gasteiger partial charge in [-0.15, -0.1) is 0 Å². The first-order valence-corrected chi connectivity index (χ1v) is 5.30. The zero-order chi connectivity index (χ0) is 13.1. The Morgan fingerprint density at radius 2 is 1.94 bits per heavy atom. The zero-order valence-electron chi connectivity index (χ0n) is 9.71. The fraction of sp³-hybridized carbons (Fsp3) is 0.154. The van der Waals surface area contributed by atoms with Crippen molar-refractivity contribution < 1.29 is 14.3 Å². The molecule has 1 aliphatic heterocycles. The summed E-state index contributed by atoms with van der Waals surface area (Å²) in [7, 11) is 0. The maximum absolute atomic E-state index is 11.7. The average molecular weight is 242 g/mol. The van der Waals surface area contributed by atoms with Crippen LogP contribution in [0.15, 0.2) is 35.9 Å². The van der Waals surface area contributed by atoms with Gasteiger partial charge in [-0.1, -0.05) is 0 Å². The molecule has 0 saturated heterocycles. The van der Waals surface area contributed by atoms with Crippen molar-refractivity contribution in [2.45, 2.75) is 6.92 Å². The molecule has 90 valence electrons. The minimum absolute atomic E-state index is 0.0401. The van der Waals surface area contributed by atoms with Crippen molar-refractivity contribution in [3.8, 4) is 11.8 Å². The number of amides is 2. The molecule has 1 heterocycles. The van der Waals surface area contributed by atoms with Gasteiger partial charge in [0, 0.05) is 11.6 Å². The molecule has 0 aliphatic carbocycles.